The Morgan fingerprint density at radius 2 is 2.09 bits per heavy atom. The minimum Gasteiger partial charge on any atom is -0.364 e. The van der Waals surface area contributed by atoms with Crippen LogP contribution in [0.2, 0.25) is 0 Å². The van der Waals surface area contributed by atoms with Gasteiger partial charge in [0.05, 0.1) is 23.5 Å². The normalized spacial score (nSPS) is 12.3. The zero-order chi connectivity index (χ0) is 23.7. The van der Waals surface area contributed by atoms with Crippen LogP contribution in [0.15, 0.2) is 67.5 Å². The van der Waals surface area contributed by atoms with Crippen molar-refractivity contribution < 1.29 is 4.79 Å². The van der Waals surface area contributed by atoms with E-state index in [2.05, 4.69) is 71.3 Å². The molecule has 1 aliphatic rings. The van der Waals surface area contributed by atoms with Gasteiger partial charge in [0.25, 0.3) is 5.91 Å². The number of rotatable bonds is 4. The number of thiophene rings is 1. The van der Waals surface area contributed by atoms with Gasteiger partial charge >= 0.3 is 0 Å². The van der Waals surface area contributed by atoms with Gasteiger partial charge in [0.1, 0.15) is 5.82 Å². The van der Waals surface area contributed by atoms with Gasteiger partial charge in [0.15, 0.2) is 0 Å². The SMILES string of the molecule is C=C1NC=C(C#CC(N)=O)c2nc(NCc3ccccn3)c3ccc(-c4ccc(C)s4)cc3c21. The van der Waals surface area contributed by atoms with Gasteiger partial charge in [-0.15, -0.1) is 11.3 Å². The number of pyridine rings is 2. The number of fused-ring (bicyclic) bond motifs is 3. The monoisotopic (exact) mass is 463 g/mol. The fraction of sp³-hybridized carbons (Fsp3) is 0.0741. The third-order valence-corrected chi connectivity index (χ3v) is 6.51. The van der Waals surface area contributed by atoms with Crippen LogP contribution in [-0.4, -0.2) is 15.9 Å². The number of allylic oxidation sites excluding steroid dienone is 1. The molecule has 1 amide bonds. The van der Waals surface area contributed by atoms with Crippen LogP contribution in [0.1, 0.15) is 21.8 Å². The molecule has 0 saturated carbocycles. The van der Waals surface area contributed by atoms with Crippen LogP contribution in [0, 0.1) is 18.8 Å². The van der Waals surface area contributed by atoms with Crippen molar-refractivity contribution in [2.45, 2.75) is 13.5 Å². The van der Waals surface area contributed by atoms with Crippen molar-refractivity contribution >= 4 is 45.1 Å². The second-order valence-corrected chi connectivity index (χ2v) is 9.11. The maximum Gasteiger partial charge on any atom is 0.293 e. The zero-order valence-electron chi connectivity index (χ0n) is 18.5. The van der Waals surface area contributed by atoms with Crippen molar-refractivity contribution in [2.24, 2.45) is 5.73 Å². The zero-order valence-corrected chi connectivity index (χ0v) is 19.3. The number of anilines is 1. The lowest BCUT2D eigenvalue weighted by molar-refractivity contribution is -0.112. The molecule has 0 radical (unpaired) electrons. The third-order valence-electron chi connectivity index (χ3n) is 5.46. The fourth-order valence-electron chi connectivity index (χ4n) is 3.89. The molecular formula is C27H21N5OS. The number of benzene rings is 1. The number of hydrogen-bond acceptors (Lipinski definition) is 6. The average molecular weight is 464 g/mol. The van der Waals surface area contributed by atoms with E-state index < -0.39 is 5.91 Å². The number of hydrogen-bond donors (Lipinski definition) is 3. The van der Waals surface area contributed by atoms with E-state index >= 15 is 0 Å². The van der Waals surface area contributed by atoms with Crippen molar-refractivity contribution in [1.82, 2.24) is 15.3 Å². The van der Waals surface area contributed by atoms with Crippen LogP contribution < -0.4 is 16.4 Å². The van der Waals surface area contributed by atoms with Crippen molar-refractivity contribution in [3.8, 4) is 22.3 Å². The molecular weight excluding hydrogens is 442 g/mol. The van der Waals surface area contributed by atoms with Gasteiger partial charge in [-0.1, -0.05) is 30.7 Å². The molecule has 1 aliphatic heterocycles. The summed E-state index contributed by atoms with van der Waals surface area (Å²) < 4.78 is 0. The highest BCUT2D eigenvalue weighted by Crippen LogP contribution is 2.39. The van der Waals surface area contributed by atoms with E-state index in [1.165, 1.54) is 9.75 Å². The van der Waals surface area contributed by atoms with Crippen LogP contribution in [0.5, 0.6) is 0 Å². The number of primary amides is 1. The lowest BCUT2D eigenvalue weighted by Crippen LogP contribution is -2.15. The molecule has 4 N–H and O–H groups in total. The summed E-state index contributed by atoms with van der Waals surface area (Å²) in [4.78, 5) is 23.1. The third kappa shape index (κ3) is 4.15. The molecule has 0 fully saturated rings. The molecule has 1 aromatic carbocycles. The Morgan fingerprint density at radius 1 is 1.21 bits per heavy atom. The molecule has 5 rings (SSSR count). The largest absolute Gasteiger partial charge is 0.364 e. The number of aromatic nitrogens is 2. The number of nitrogens with zero attached hydrogens (tertiary/aromatic N) is 2. The van der Waals surface area contributed by atoms with Crippen LogP contribution in [0.3, 0.4) is 0 Å². The average Bonchev–Trinajstić information content (AvgIpc) is 3.28. The summed E-state index contributed by atoms with van der Waals surface area (Å²) >= 11 is 1.75. The number of amides is 1. The molecule has 166 valence electrons. The maximum absolute atomic E-state index is 11.3. The van der Waals surface area contributed by atoms with E-state index in [9.17, 15) is 4.79 Å². The highest BCUT2D eigenvalue weighted by atomic mass is 32.1. The molecule has 0 unspecified atom stereocenters. The summed E-state index contributed by atoms with van der Waals surface area (Å²) in [5.41, 5.74) is 10.1. The standard InChI is InChI=1S/C27H21N5OS/c1-16-6-10-23(34-16)18-7-9-21-22(13-18)25-17(2)30-14-19(8-11-24(28)33)26(25)32-27(21)31-15-20-5-3-4-12-29-20/h3-7,9-10,12-14,30H,2,15H2,1H3,(H2,28,33)(H,31,32). The first kappa shape index (κ1) is 21.4. The predicted octanol–water partition coefficient (Wildman–Crippen LogP) is 4.68. The number of nitrogens with two attached hydrogens (primary N) is 1. The summed E-state index contributed by atoms with van der Waals surface area (Å²) in [5.74, 6) is 5.27. The predicted molar refractivity (Wildman–Crippen MR) is 138 cm³/mol. The van der Waals surface area contributed by atoms with Crippen LogP contribution in [-0.2, 0) is 11.3 Å². The smallest absolute Gasteiger partial charge is 0.293 e. The number of nitrogens with one attached hydrogen (secondary N) is 2. The van der Waals surface area contributed by atoms with Crippen LogP contribution >= 0.6 is 11.3 Å². The molecule has 3 aromatic heterocycles. The summed E-state index contributed by atoms with van der Waals surface area (Å²) in [5, 5.41) is 8.54. The van der Waals surface area contributed by atoms with Crippen molar-refractivity contribution in [2.75, 3.05) is 5.32 Å². The molecule has 6 nitrogen and oxygen atoms in total. The van der Waals surface area contributed by atoms with E-state index in [1.54, 1.807) is 23.7 Å². The minimum absolute atomic E-state index is 0.513. The Balaban J connectivity index is 1.70. The number of carbonyl (C=O) groups is 1. The quantitative estimate of drug-likeness (QED) is 0.382. The Bertz CT molecular complexity index is 1540. The van der Waals surface area contributed by atoms with Gasteiger partial charge in [-0.25, -0.2) is 4.98 Å². The van der Waals surface area contributed by atoms with Crippen molar-refractivity contribution in [3.05, 3.63) is 89.3 Å². The Hall–Kier alpha value is -4.41. The molecule has 4 aromatic rings. The summed E-state index contributed by atoms with van der Waals surface area (Å²) in [6.07, 6.45) is 3.47. The van der Waals surface area contributed by atoms with Crippen molar-refractivity contribution in [1.29, 1.82) is 0 Å². The Labute approximate surface area is 201 Å². The van der Waals surface area contributed by atoms with Crippen LogP contribution in [0.25, 0.3) is 32.5 Å². The van der Waals surface area contributed by atoms with E-state index in [1.807, 2.05) is 18.2 Å². The van der Waals surface area contributed by atoms with Gasteiger partial charge in [-0.2, -0.15) is 0 Å². The summed E-state index contributed by atoms with van der Waals surface area (Å²) in [6.45, 7) is 6.81. The van der Waals surface area contributed by atoms with Gasteiger partial charge in [-0.3, -0.25) is 9.78 Å². The molecule has 0 atom stereocenters. The minimum atomic E-state index is -0.698. The van der Waals surface area contributed by atoms with Gasteiger partial charge < -0.3 is 16.4 Å². The first-order chi connectivity index (χ1) is 16.5. The Kier molecular flexibility index (Phi) is 5.58. The number of carbonyl (C=O) groups excluding carboxylic acids is 1. The van der Waals surface area contributed by atoms with Crippen molar-refractivity contribution in [3.63, 3.8) is 0 Å². The van der Waals surface area contributed by atoms with E-state index in [4.69, 9.17) is 10.7 Å². The first-order valence-electron chi connectivity index (χ1n) is 10.7. The fourth-order valence-corrected chi connectivity index (χ4v) is 4.76. The van der Waals surface area contributed by atoms with E-state index in [0.29, 0.717) is 29.3 Å². The second kappa shape index (κ2) is 8.85. The number of aryl methyl sites for hydroxylation is 1. The summed E-state index contributed by atoms with van der Waals surface area (Å²) in [6, 6.07) is 16.4. The van der Waals surface area contributed by atoms with Gasteiger partial charge in [0, 0.05) is 44.7 Å². The van der Waals surface area contributed by atoms with Crippen LogP contribution in [0.4, 0.5) is 5.82 Å². The highest BCUT2D eigenvalue weighted by molar-refractivity contribution is 7.15. The molecule has 4 heterocycles. The van der Waals surface area contributed by atoms with E-state index in [-0.39, 0.29) is 0 Å². The maximum atomic E-state index is 11.3. The first-order valence-corrected chi connectivity index (χ1v) is 11.5. The second-order valence-electron chi connectivity index (χ2n) is 7.82. The highest BCUT2D eigenvalue weighted by Gasteiger charge is 2.22. The van der Waals surface area contributed by atoms with Gasteiger partial charge in [-0.05, 0) is 48.2 Å². The molecule has 0 aliphatic carbocycles. The lowest BCUT2D eigenvalue weighted by atomic mass is 9.94. The topological polar surface area (TPSA) is 92.9 Å². The molecule has 0 saturated heterocycles. The molecule has 7 heteroatoms. The summed E-state index contributed by atoms with van der Waals surface area (Å²) in [7, 11) is 0. The van der Waals surface area contributed by atoms with E-state index in [0.717, 1.165) is 27.6 Å². The molecule has 0 spiro atoms. The molecule has 34 heavy (non-hydrogen) atoms. The lowest BCUT2D eigenvalue weighted by Gasteiger charge is -2.22. The molecule has 0 bridgehead atoms. The van der Waals surface area contributed by atoms with Gasteiger partial charge in [0.2, 0.25) is 0 Å². The Morgan fingerprint density at radius 3 is 2.82 bits per heavy atom.